The van der Waals surface area contributed by atoms with Crippen LogP contribution in [0.3, 0.4) is 0 Å². The zero-order valence-electron chi connectivity index (χ0n) is 15.5. The second-order valence-corrected chi connectivity index (χ2v) is 6.04. The molecule has 4 N–H and O–H groups in total. The number of pyridine rings is 1. The van der Waals surface area contributed by atoms with E-state index in [-0.39, 0.29) is 18.2 Å². The first-order chi connectivity index (χ1) is 13.7. The SMILES string of the molecule is COc1ccc(CNc2ccccc2NC(=O)CNc2ccncc2)cc1O. The predicted octanol–water partition coefficient (Wildman–Crippen LogP) is 3.46. The van der Waals surface area contributed by atoms with E-state index in [1.54, 1.807) is 36.7 Å². The first-order valence-electron chi connectivity index (χ1n) is 8.78. The molecule has 7 heteroatoms. The Bertz CT molecular complexity index is 932. The van der Waals surface area contributed by atoms with E-state index in [0.29, 0.717) is 18.0 Å². The molecule has 3 aromatic rings. The number of methoxy groups -OCH3 is 1. The van der Waals surface area contributed by atoms with Crippen molar-refractivity contribution in [3.05, 3.63) is 72.6 Å². The number of carbonyl (C=O) groups is 1. The zero-order chi connectivity index (χ0) is 19.8. The molecule has 0 atom stereocenters. The number of aromatic hydroxyl groups is 1. The normalized spacial score (nSPS) is 10.2. The Hall–Kier alpha value is -3.74. The number of amides is 1. The molecule has 2 aromatic carbocycles. The van der Waals surface area contributed by atoms with Crippen LogP contribution in [0, 0.1) is 0 Å². The van der Waals surface area contributed by atoms with Crippen molar-refractivity contribution in [2.24, 2.45) is 0 Å². The van der Waals surface area contributed by atoms with Crippen LogP contribution in [-0.2, 0) is 11.3 Å². The third-order valence-corrected chi connectivity index (χ3v) is 4.06. The molecule has 1 aromatic heterocycles. The number of phenols is 1. The number of hydrogen-bond donors (Lipinski definition) is 4. The van der Waals surface area contributed by atoms with Crippen molar-refractivity contribution >= 4 is 23.0 Å². The third-order valence-electron chi connectivity index (χ3n) is 4.06. The number of anilines is 3. The van der Waals surface area contributed by atoms with E-state index in [2.05, 4.69) is 20.9 Å². The highest BCUT2D eigenvalue weighted by Crippen LogP contribution is 2.27. The number of aromatic nitrogens is 1. The van der Waals surface area contributed by atoms with Gasteiger partial charge in [-0.25, -0.2) is 0 Å². The minimum atomic E-state index is -0.159. The molecular formula is C21H22N4O3. The van der Waals surface area contributed by atoms with Gasteiger partial charge in [0.2, 0.25) is 5.91 Å². The number of nitrogens with zero attached hydrogens (tertiary/aromatic N) is 1. The molecular weight excluding hydrogens is 356 g/mol. The molecule has 0 aliphatic heterocycles. The smallest absolute Gasteiger partial charge is 0.243 e. The average Bonchev–Trinajstić information content (AvgIpc) is 2.72. The maximum Gasteiger partial charge on any atom is 0.243 e. The fourth-order valence-corrected chi connectivity index (χ4v) is 2.64. The minimum absolute atomic E-state index is 0.0885. The summed E-state index contributed by atoms with van der Waals surface area (Å²) in [6.07, 6.45) is 3.33. The van der Waals surface area contributed by atoms with Crippen LogP contribution in [0.5, 0.6) is 11.5 Å². The number of para-hydroxylation sites is 2. The average molecular weight is 378 g/mol. The predicted molar refractivity (Wildman–Crippen MR) is 110 cm³/mol. The highest BCUT2D eigenvalue weighted by molar-refractivity contribution is 5.96. The summed E-state index contributed by atoms with van der Waals surface area (Å²) in [4.78, 5) is 16.2. The van der Waals surface area contributed by atoms with Gasteiger partial charge in [0.1, 0.15) is 0 Å². The summed E-state index contributed by atoms with van der Waals surface area (Å²) in [6.45, 7) is 0.629. The van der Waals surface area contributed by atoms with E-state index in [1.165, 1.54) is 7.11 Å². The van der Waals surface area contributed by atoms with E-state index >= 15 is 0 Å². The minimum Gasteiger partial charge on any atom is -0.504 e. The van der Waals surface area contributed by atoms with Gasteiger partial charge in [-0.2, -0.15) is 0 Å². The number of ether oxygens (including phenoxy) is 1. The molecule has 0 unspecified atom stereocenters. The molecule has 28 heavy (non-hydrogen) atoms. The highest BCUT2D eigenvalue weighted by Gasteiger charge is 2.08. The molecule has 144 valence electrons. The largest absolute Gasteiger partial charge is 0.504 e. The summed E-state index contributed by atoms with van der Waals surface area (Å²) in [5, 5.41) is 19.1. The van der Waals surface area contributed by atoms with E-state index in [0.717, 1.165) is 16.9 Å². The molecule has 0 saturated heterocycles. The quantitative estimate of drug-likeness (QED) is 0.479. The van der Waals surface area contributed by atoms with Crippen molar-refractivity contribution in [1.82, 2.24) is 4.98 Å². The fraction of sp³-hybridized carbons (Fsp3) is 0.143. The maximum absolute atomic E-state index is 12.3. The monoisotopic (exact) mass is 378 g/mol. The Balaban J connectivity index is 1.59. The van der Waals surface area contributed by atoms with E-state index in [4.69, 9.17) is 4.74 Å². The van der Waals surface area contributed by atoms with Gasteiger partial charge in [-0.3, -0.25) is 9.78 Å². The standard InChI is InChI=1S/C21H22N4O3/c1-28-20-7-6-15(12-19(20)26)13-24-17-4-2-3-5-18(17)25-21(27)14-23-16-8-10-22-11-9-16/h2-12,24,26H,13-14H2,1H3,(H,22,23)(H,25,27). The topological polar surface area (TPSA) is 95.5 Å². The number of phenolic OH excluding ortho intramolecular Hbond substituents is 1. The molecule has 0 bridgehead atoms. The summed E-state index contributed by atoms with van der Waals surface area (Å²) in [5.74, 6) is 0.358. The molecule has 0 aliphatic carbocycles. The van der Waals surface area contributed by atoms with Crippen molar-refractivity contribution in [3.63, 3.8) is 0 Å². The van der Waals surface area contributed by atoms with Crippen LogP contribution in [-0.4, -0.2) is 29.7 Å². The van der Waals surface area contributed by atoms with Gasteiger partial charge in [0, 0.05) is 24.6 Å². The molecule has 0 radical (unpaired) electrons. The van der Waals surface area contributed by atoms with E-state index in [1.807, 2.05) is 30.3 Å². The van der Waals surface area contributed by atoms with Crippen molar-refractivity contribution in [2.45, 2.75) is 6.54 Å². The number of nitrogens with one attached hydrogen (secondary N) is 3. The Labute approximate surface area is 163 Å². The fourth-order valence-electron chi connectivity index (χ4n) is 2.64. The Morgan fingerprint density at radius 3 is 2.50 bits per heavy atom. The summed E-state index contributed by atoms with van der Waals surface area (Å²) in [5.41, 5.74) is 3.19. The lowest BCUT2D eigenvalue weighted by Crippen LogP contribution is -2.22. The van der Waals surface area contributed by atoms with Crippen LogP contribution in [0.2, 0.25) is 0 Å². The maximum atomic E-state index is 12.3. The Morgan fingerprint density at radius 1 is 1.04 bits per heavy atom. The Kier molecular flexibility index (Phi) is 6.30. The number of rotatable bonds is 8. The lowest BCUT2D eigenvalue weighted by atomic mass is 10.2. The van der Waals surface area contributed by atoms with Crippen LogP contribution in [0.4, 0.5) is 17.1 Å². The van der Waals surface area contributed by atoms with Gasteiger partial charge in [0.15, 0.2) is 11.5 Å². The molecule has 3 rings (SSSR count). The number of benzene rings is 2. The summed E-state index contributed by atoms with van der Waals surface area (Å²) in [7, 11) is 1.51. The summed E-state index contributed by atoms with van der Waals surface area (Å²) >= 11 is 0. The second kappa shape index (κ2) is 9.27. The first kappa shape index (κ1) is 19.0. The van der Waals surface area contributed by atoms with Gasteiger partial charge >= 0.3 is 0 Å². The van der Waals surface area contributed by atoms with Crippen LogP contribution < -0.4 is 20.7 Å². The van der Waals surface area contributed by atoms with Gasteiger partial charge in [-0.1, -0.05) is 18.2 Å². The second-order valence-electron chi connectivity index (χ2n) is 6.04. The molecule has 7 nitrogen and oxygen atoms in total. The molecule has 1 heterocycles. The summed E-state index contributed by atoms with van der Waals surface area (Å²) in [6, 6.07) is 16.3. The first-order valence-corrected chi connectivity index (χ1v) is 8.78. The van der Waals surface area contributed by atoms with Gasteiger partial charge < -0.3 is 25.8 Å². The lowest BCUT2D eigenvalue weighted by molar-refractivity contribution is -0.114. The van der Waals surface area contributed by atoms with Crippen molar-refractivity contribution in [1.29, 1.82) is 0 Å². The van der Waals surface area contributed by atoms with Crippen LogP contribution in [0.15, 0.2) is 67.0 Å². The molecule has 0 spiro atoms. The van der Waals surface area contributed by atoms with Crippen LogP contribution in [0.1, 0.15) is 5.56 Å². The van der Waals surface area contributed by atoms with E-state index in [9.17, 15) is 9.90 Å². The van der Waals surface area contributed by atoms with Gasteiger partial charge in [0.05, 0.1) is 25.0 Å². The van der Waals surface area contributed by atoms with Gasteiger partial charge in [0.25, 0.3) is 0 Å². The molecule has 1 amide bonds. The summed E-state index contributed by atoms with van der Waals surface area (Å²) < 4.78 is 5.05. The van der Waals surface area contributed by atoms with Crippen LogP contribution in [0.25, 0.3) is 0 Å². The van der Waals surface area contributed by atoms with E-state index < -0.39 is 0 Å². The number of carbonyl (C=O) groups excluding carboxylic acids is 1. The Morgan fingerprint density at radius 2 is 1.79 bits per heavy atom. The molecule has 0 fully saturated rings. The number of hydrogen-bond acceptors (Lipinski definition) is 6. The van der Waals surface area contributed by atoms with Gasteiger partial charge in [-0.05, 0) is 42.0 Å². The highest BCUT2D eigenvalue weighted by atomic mass is 16.5. The van der Waals surface area contributed by atoms with Crippen molar-refractivity contribution < 1.29 is 14.6 Å². The molecule has 0 aliphatic rings. The van der Waals surface area contributed by atoms with Crippen molar-refractivity contribution in [2.75, 3.05) is 29.6 Å². The van der Waals surface area contributed by atoms with Crippen LogP contribution >= 0.6 is 0 Å². The van der Waals surface area contributed by atoms with Crippen molar-refractivity contribution in [3.8, 4) is 11.5 Å². The van der Waals surface area contributed by atoms with Gasteiger partial charge in [-0.15, -0.1) is 0 Å². The zero-order valence-corrected chi connectivity index (χ0v) is 15.5. The molecule has 0 saturated carbocycles. The third kappa shape index (κ3) is 5.14. The lowest BCUT2D eigenvalue weighted by Gasteiger charge is -2.14.